The van der Waals surface area contributed by atoms with E-state index in [-0.39, 0.29) is 33.0 Å². The number of carbonyl (C=O) groups excluding carboxylic acids is 1. The zero-order chi connectivity index (χ0) is 27.5. The van der Waals surface area contributed by atoms with E-state index in [0.717, 1.165) is 18.2 Å². The van der Waals surface area contributed by atoms with Crippen molar-refractivity contribution in [3.8, 4) is 0 Å². The lowest BCUT2D eigenvalue weighted by Crippen LogP contribution is -2.20. The van der Waals surface area contributed by atoms with Crippen molar-refractivity contribution in [3.63, 3.8) is 0 Å². The van der Waals surface area contributed by atoms with Gasteiger partial charge in [-0.25, -0.2) is 9.37 Å². The average molecular weight is 587 g/mol. The Hall–Kier alpha value is -2.89. The van der Waals surface area contributed by atoms with Crippen molar-refractivity contribution < 1.29 is 35.5 Å². The van der Waals surface area contributed by atoms with Gasteiger partial charge in [-0.2, -0.15) is 26.3 Å². The van der Waals surface area contributed by atoms with Gasteiger partial charge in [0.05, 0.1) is 33.4 Å². The van der Waals surface area contributed by atoms with Crippen molar-refractivity contribution in [1.29, 1.82) is 0 Å². The molecule has 0 aliphatic rings. The summed E-state index contributed by atoms with van der Waals surface area (Å²) in [5.74, 6) is -5.14. The Labute approximate surface area is 220 Å². The average Bonchev–Trinajstić information content (AvgIpc) is 2.83. The molecule has 0 aliphatic carbocycles. The molecule has 0 aliphatic heterocycles. The SMILES string of the molecule is O=C(CNc1cnccn1)c1ccc(/C(F)=C/C(c2cc(Cl)c(Cl)c(Cl)c2)C(F)(F)F)cc1C(F)(F)F. The molecule has 4 nitrogen and oxygen atoms in total. The molecule has 0 bridgehead atoms. The number of benzene rings is 2. The number of aromatic nitrogens is 2. The van der Waals surface area contributed by atoms with E-state index in [2.05, 4.69) is 15.3 Å². The van der Waals surface area contributed by atoms with Crippen LogP contribution in [0.15, 0.2) is 55.0 Å². The summed E-state index contributed by atoms with van der Waals surface area (Å²) in [7, 11) is 0. The third kappa shape index (κ3) is 7.12. The molecule has 0 saturated carbocycles. The molecule has 1 aromatic heterocycles. The molecule has 3 aromatic rings. The number of allylic oxidation sites excluding steroid dienone is 1. The molecule has 14 heteroatoms. The van der Waals surface area contributed by atoms with Gasteiger partial charge >= 0.3 is 12.4 Å². The summed E-state index contributed by atoms with van der Waals surface area (Å²) in [4.78, 5) is 20.0. The summed E-state index contributed by atoms with van der Waals surface area (Å²) in [5, 5.41) is 1.62. The predicted molar refractivity (Wildman–Crippen MR) is 126 cm³/mol. The van der Waals surface area contributed by atoms with Gasteiger partial charge in [-0.15, -0.1) is 0 Å². The first kappa shape index (κ1) is 28.7. The monoisotopic (exact) mass is 585 g/mol. The lowest BCUT2D eigenvalue weighted by molar-refractivity contribution is -0.140. The summed E-state index contributed by atoms with van der Waals surface area (Å²) >= 11 is 17.3. The Balaban J connectivity index is 1.99. The van der Waals surface area contributed by atoms with Crippen LogP contribution in [0.1, 0.15) is 33.0 Å². The van der Waals surface area contributed by atoms with Crippen molar-refractivity contribution in [2.24, 2.45) is 0 Å². The number of carbonyl (C=O) groups is 1. The van der Waals surface area contributed by atoms with E-state index in [1.165, 1.54) is 18.6 Å². The number of alkyl halides is 6. The minimum Gasteiger partial charge on any atom is -0.361 e. The lowest BCUT2D eigenvalue weighted by atomic mass is 9.95. The van der Waals surface area contributed by atoms with Gasteiger partial charge in [-0.1, -0.05) is 46.9 Å². The quantitative estimate of drug-likeness (QED) is 0.172. The Bertz CT molecular complexity index is 1310. The minimum atomic E-state index is -5.12. The number of rotatable bonds is 7. The molecule has 1 N–H and O–H groups in total. The zero-order valence-electron chi connectivity index (χ0n) is 18.1. The highest BCUT2D eigenvalue weighted by atomic mass is 35.5. The van der Waals surface area contributed by atoms with Crippen molar-refractivity contribution in [2.75, 3.05) is 11.9 Å². The molecule has 0 radical (unpaired) electrons. The van der Waals surface area contributed by atoms with E-state index in [1.807, 2.05) is 0 Å². The van der Waals surface area contributed by atoms with Gasteiger partial charge in [0.15, 0.2) is 5.78 Å². The van der Waals surface area contributed by atoms with E-state index < -0.39 is 58.7 Å². The first-order valence-electron chi connectivity index (χ1n) is 10.0. The van der Waals surface area contributed by atoms with E-state index >= 15 is 0 Å². The number of nitrogens with zero attached hydrogens (tertiary/aromatic N) is 2. The van der Waals surface area contributed by atoms with Crippen LogP contribution in [-0.2, 0) is 6.18 Å². The van der Waals surface area contributed by atoms with Crippen LogP contribution in [0.4, 0.5) is 36.6 Å². The van der Waals surface area contributed by atoms with Gasteiger partial charge in [-0.3, -0.25) is 9.78 Å². The normalized spacial score (nSPS) is 13.4. The van der Waals surface area contributed by atoms with Gasteiger partial charge in [0.2, 0.25) is 0 Å². The standard InChI is InChI=1S/C23H13Cl3F7N3O/c24-16-6-12(7-17(25)21(16)26)14(22(28,29)30)8-18(27)11-1-2-13(15(5-11)23(31,32)33)19(37)9-36-20-10-34-3-4-35-20/h1-8,10,14H,9H2,(H,35,36)/b18-8-. The maximum absolute atomic E-state index is 14.9. The molecule has 1 unspecified atom stereocenters. The molecule has 0 amide bonds. The second kappa shape index (κ2) is 11.2. The number of Topliss-reactive ketones (excluding diaryl/α,β-unsaturated/α-hetero) is 1. The summed E-state index contributed by atoms with van der Waals surface area (Å²) < 4.78 is 97.3. The van der Waals surface area contributed by atoms with Crippen LogP contribution in [0, 0.1) is 0 Å². The molecule has 1 atom stereocenters. The molecule has 0 saturated heterocycles. The van der Waals surface area contributed by atoms with E-state index in [1.54, 1.807) is 0 Å². The van der Waals surface area contributed by atoms with Crippen molar-refractivity contribution in [2.45, 2.75) is 18.3 Å². The van der Waals surface area contributed by atoms with Crippen LogP contribution >= 0.6 is 34.8 Å². The third-order valence-corrected chi connectivity index (χ3v) is 6.12. The van der Waals surface area contributed by atoms with Crippen LogP contribution in [0.3, 0.4) is 0 Å². The number of nitrogens with one attached hydrogen (secondary N) is 1. The van der Waals surface area contributed by atoms with Gasteiger partial charge in [0.25, 0.3) is 0 Å². The third-order valence-electron chi connectivity index (χ3n) is 4.93. The van der Waals surface area contributed by atoms with Crippen molar-refractivity contribution >= 4 is 52.2 Å². The fraction of sp³-hybridized carbons (Fsp3) is 0.174. The number of halogens is 10. The highest BCUT2D eigenvalue weighted by Crippen LogP contribution is 2.42. The largest absolute Gasteiger partial charge is 0.417 e. The summed E-state index contributed by atoms with van der Waals surface area (Å²) in [5.41, 5.74) is -3.75. The maximum Gasteiger partial charge on any atom is 0.417 e. The molecule has 37 heavy (non-hydrogen) atoms. The second-order valence-corrected chi connectivity index (χ2v) is 8.65. The van der Waals surface area contributed by atoms with Crippen LogP contribution in [0.5, 0.6) is 0 Å². The number of hydrogen-bond acceptors (Lipinski definition) is 4. The van der Waals surface area contributed by atoms with Crippen LogP contribution in [-0.4, -0.2) is 28.5 Å². The smallest absolute Gasteiger partial charge is 0.361 e. The summed E-state index contributed by atoms with van der Waals surface area (Å²) in [6, 6.07) is 3.36. The molecular weight excluding hydrogens is 574 g/mol. The van der Waals surface area contributed by atoms with Crippen LogP contribution in [0.25, 0.3) is 5.83 Å². The first-order chi connectivity index (χ1) is 17.2. The Morgan fingerprint density at radius 2 is 1.65 bits per heavy atom. The van der Waals surface area contributed by atoms with Crippen LogP contribution in [0.2, 0.25) is 15.1 Å². The molecule has 0 fully saturated rings. The number of ketones is 1. The maximum atomic E-state index is 14.9. The first-order valence-corrected chi connectivity index (χ1v) is 11.1. The van der Waals surface area contributed by atoms with E-state index in [4.69, 9.17) is 34.8 Å². The topological polar surface area (TPSA) is 54.9 Å². The van der Waals surface area contributed by atoms with E-state index in [9.17, 15) is 35.5 Å². The number of anilines is 1. The van der Waals surface area contributed by atoms with Gasteiger partial charge in [0, 0.05) is 23.5 Å². The fourth-order valence-corrected chi connectivity index (χ4v) is 3.82. The van der Waals surface area contributed by atoms with Gasteiger partial charge < -0.3 is 5.32 Å². The highest BCUT2D eigenvalue weighted by molar-refractivity contribution is 6.48. The van der Waals surface area contributed by atoms with Crippen molar-refractivity contribution in [1.82, 2.24) is 9.97 Å². The number of hydrogen-bond donors (Lipinski definition) is 1. The Morgan fingerprint density at radius 1 is 1.00 bits per heavy atom. The fourth-order valence-electron chi connectivity index (χ4n) is 3.20. The van der Waals surface area contributed by atoms with Crippen molar-refractivity contribution in [3.05, 3.63) is 92.3 Å². The summed E-state index contributed by atoms with van der Waals surface area (Å²) in [6.07, 6.45) is -6.23. The predicted octanol–water partition coefficient (Wildman–Crippen LogP) is 8.41. The highest BCUT2D eigenvalue weighted by Gasteiger charge is 2.41. The molecule has 2 aromatic carbocycles. The van der Waals surface area contributed by atoms with Crippen LogP contribution < -0.4 is 5.32 Å². The lowest BCUT2D eigenvalue weighted by Gasteiger charge is -2.19. The Kier molecular flexibility index (Phi) is 8.71. The van der Waals surface area contributed by atoms with E-state index in [0.29, 0.717) is 6.07 Å². The van der Waals surface area contributed by atoms with Gasteiger partial charge in [0.1, 0.15) is 17.6 Å². The molecule has 3 rings (SSSR count). The zero-order valence-corrected chi connectivity index (χ0v) is 20.3. The molecule has 0 spiro atoms. The van der Waals surface area contributed by atoms with Gasteiger partial charge in [-0.05, 0) is 29.8 Å². The minimum absolute atomic E-state index is 0.0858. The Morgan fingerprint density at radius 3 is 2.19 bits per heavy atom. The second-order valence-electron chi connectivity index (χ2n) is 7.46. The molecular formula is C23H13Cl3F7N3O. The summed E-state index contributed by atoms with van der Waals surface area (Å²) in [6.45, 7) is -0.603. The molecule has 1 heterocycles. The molecule has 196 valence electrons.